The zero-order valence-corrected chi connectivity index (χ0v) is 15.2. The Morgan fingerprint density at radius 2 is 2.12 bits per heavy atom. The summed E-state index contributed by atoms with van der Waals surface area (Å²) in [6, 6.07) is 0. The van der Waals surface area contributed by atoms with E-state index in [1.54, 1.807) is 7.11 Å². The molecule has 2 aromatic heterocycles. The van der Waals surface area contributed by atoms with E-state index in [4.69, 9.17) is 9.84 Å². The van der Waals surface area contributed by atoms with Crippen LogP contribution in [0.1, 0.15) is 59.9 Å². The molecule has 0 unspecified atom stereocenters. The van der Waals surface area contributed by atoms with E-state index in [1.165, 1.54) is 48.2 Å². The van der Waals surface area contributed by atoms with Crippen molar-refractivity contribution in [2.75, 3.05) is 13.7 Å². The lowest BCUT2D eigenvalue weighted by molar-refractivity contribution is 0.176. The van der Waals surface area contributed by atoms with Gasteiger partial charge in [-0.3, -0.25) is 9.58 Å². The average molecular weight is 341 g/mol. The highest BCUT2D eigenvalue weighted by Crippen LogP contribution is 2.35. The van der Waals surface area contributed by atoms with Crippen molar-refractivity contribution in [1.82, 2.24) is 24.6 Å². The molecule has 0 spiro atoms. The Kier molecular flexibility index (Phi) is 4.81. The molecule has 1 saturated carbocycles. The molecule has 0 aromatic carbocycles. The maximum atomic E-state index is 5.14. The summed E-state index contributed by atoms with van der Waals surface area (Å²) in [6.07, 6.45) is 10.4. The van der Waals surface area contributed by atoms with Crippen molar-refractivity contribution in [1.29, 1.82) is 0 Å². The Bertz CT molecular complexity index is 735. The summed E-state index contributed by atoms with van der Waals surface area (Å²) in [5.74, 6) is 1.44. The van der Waals surface area contributed by atoms with Crippen LogP contribution in [-0.2, 0) is 37.9 Å². The number of aryl methyl sites for hydroxylation is 1. The van der Waals surface area contributed by atoms with Crippen molar-refractivity contribution < 1.29 is 4.74 Å². The molecule has 0 atom stereocenters. The van der Waals surface area contributed by atoms with Crippen LogP contribution in [0.5, 0.6) is 0 Å². The lowest BCUT2D eigenvalue weighted by Crippen LogP contribution is -2.31. The van der Waals surface area contributed by atoms with Gasteiger partial charge in [0.1, 0.15) is 6.61 Å². The second-order valence-electron chi connectivity index (χ2n) is 7.35. The molecular weight excluding hydrogens is 314 g/mol. The molecule has 134 valence electrons. The van der Waals surface area contributed by atoms with Gasteiger partial charge in [-0.15, -0.1) is 0 Å². The number of rotatable bonds is 5. The Morgan fingerprint density at radius 1 is 1.28 bits per heavy atom. The maximum absolute atomic E-state index is 5.14. The van der Waals surface area contributed by atoms with Crippen molar-refractivity contribution >= 4 is 0 Å². The first-order valence-electron chi connectivity index (χ1n) is 9.30. The van der Waals surface area contributed by atoms with Gasteiger partial charge < -0.3 is 4.74 Å². The van der Waals surface area contributed by atoms with E-state index in [-0.39, 0.29) is 0 Å². The summed E-state index contributed by atoms with van der Waals surface area (Å²) in [4.78, 5) is 11.6. The van der Waals surface area contributed by atoms with Crippen molar-refractivity contribution in [2.45, 2.75) is 57.7 Å². The van der Waals surface area contributed by atoms with Gasteiger partial charge in [0.25, 0.3) is 0 Å². The third kappa shape index (κ3) is 3.60. The Hall–Kier alpha value is -1.79. The second kappa shape index (κ2) is 7.22. The van der Waals surface area contributed by atoms with Crippen LogP contribution in [0.15, 0.2) is 12.4 Å². The van der Waals surface area contributed by atoms with Crippen LogP contribution < -0.4 is 0 Å². The van der Waals surface area contributed by atoms with E-state index in [2.05, 4.69) is 21.1 Å². The first-order valence-corrected chi connectivity index (χ1v) is 9.30. The smallest absolute Gasteiger partial charge is 0.154 e. The summed E-state index contributed by atoms with van der Waals surface area (Å²) < 4.78 is 7.13. The zero-order chi connectivity index (χ0) is 17.2. The van der Waals surface area contributed by atoms with Gasteiger partial charge >= 0.3 is 0 Å². The molecule has 0 N–H and O–H groups in total. The van der Waals surface area contributed by atoms with Gasteiger partial charge in [0.2, 0.25) is 0 Å². The molecule has 4 rings (SSSR count). The number of fused-ring (bicyclic) bond motifs is 1. The fourth-order valence-electron chi connectivity index (χ4n) is 4.21. The van der Waals surface area contributed by atoms with Gasteiger partial charge in [-0.1, -0.05) is 12.8 Å². The standard InChI is InChI=1S/C19H27N5O/c1-23-10-16(19(22-23)14-5-3-4-6-14)12-24-8-7-17-15(11-24)9-20-18(21-17)13-25-2/h9-10,14H,3-8,11-13H2,1-2H3. The van der Waals surface area contributed by atoms with Crippen LogP contribution >= 0.6 is 0 Å². The number of hydrogen-bond acceptors (Lipinski definition) is 5. The van der Waals surface area contributed by atoms with Gasteiger partial charge in [0, 0.05) is 75.3 Å². The van der Waals surface area contributed by atoms with E-state index in [1.807, 2.05) is 17.9 Å². The number of ether oxygens (including phenoxy) is 1. The molecule has 6 nitrogen and oxygen atoms in total. The van der Waals surface area contributed by atoms with Gasteiger partial charge in [-0.2, -0.15) is 5.10 Å². The molecule has 0 radical (unpaired) electrons. The van der Waals surface area contributed by atoms with Gasteiger partial charge in [-0.25, -0.2) is 9.97 Å². The third-order valence-corrected chi connectivity index (χ3v) is 5.41. The van der Waals surface area contributed by atoms with Crippen molar-refractivity contribution in [3.63, 3.8) is 0 Å². The molecule has 1 fully saturated rings. The molecule has 0 bridgehead atoms. The fourth-order valence-corrected chi connectivity index (χ4v) is 4.21. The SMILES string of the molecule is COCc1ncc2c(n1)CCN(Cc1cn(C)nc1C1CCCC1)C2. The van der Waals surface area contributed by atoms with E-state index in [0.29, 0.717) is 12.5 Å². The first kappa shape index (κ1) is 16.7. The predicted octanol–water partition coefficient (Wildman–Crippen LogP) is 2.57. The number of methoxy groups -OCH3 is 1. The molecular formula is C19H27N5O. The molecule has 0 saturated heterocycles. The van der Waals surface area contributed by atoms with Gasteiger partial charge in [0.15, 0.2) is 5.82 Å². The highest BCUT2D eigenvalue weighted by atomic mass is 16.5. The second-order valence-corrected chi connectivity index (χ2v) is 7.35. The lowest BCUT2D eigenvalue weighted by Gasteiger charge is -2.28. The molecule has 3 heterocycles. The summed E-state index contributed by atoms with van der Waals surface area (Å²) >= 11 is 0. The Labute approximate surface area is 149 Å². The minimum Gasteiger partial charge on any atom is -0.377 e. The molecule has 1 aliphatic heterocycles. The monoisotopic (exact) mass is 341 g/mol. The van der Waals surface area contributed by atoms with E-state index in [9.17, 15) is 0 Å². The molecule has 0 amide bonds. The summed E-state index contributed by atoms with van der Waals surface area (Å²) in [7, 11) is 3.72. The Morgan fingerprint density at radius 3 is 2.92 bits per heavy atom. The molecule has 2 aliphatic rings. The van der Waals surface area contributed by atoms with Crippen molar-refractivity contribution in [3.8, 4) is 0 Å². The van der Waals surface area contributed by atoms with E-state index < -0.39 is 0 Å². The van der Waals surface area contributed by atoms with E-state index in [0.717, 1.165) is 31.9 Å². The van der Waals surface area contributed by atoms with Gasteiger partial charge in [0.05, 0.1) is 5.69 Å². The molecule has 25 heavy (non-hydrogen) atoms. The van der Waals surface area contributed by atoms with E-state index >= 15 is 0 Å². The van der Waals surface area contributed by atoms with Crippen molar-refractivity contribution in [2.24, 2.45) is 7.05 Å². The average Bonchev–Trinajstić information content (AvgIpc) is 3.25. The molecule has 1 aliphatic carbocycles. The summed E-state index contributed by atoms with van der Waals surface area (Å²) in [6.45, 7) is 3.41. The maximum Gasteiger partial charge on any atom is 0.154 e. The number of nitrogens with zero attached hydrogens (tertiary/aromatic N) is 5. The van der Waals surface area contributed by atoms with Crippen LogP contribution in [-0.4, -0.2) is 38.3 Å². The van der Waals surface area contributed by atoms with Gasteiger partial charge in [-0.05, 0) is 12.8 Å². The fraction of sp³-hybridized carbons (Fsp3) is 0.632. The first-order chi connectivity index (χ1) is 12.2. The van der Waals surface area contributed by atoms with Crippen LogP contribution in [0.4, 0.5) is 0 Å². The molecule has 2 aromatic rings. The van der Waals surface area contributed by atoms with Crippen LogP contribution in [0.3, 0.4) is 0 Å². The van der Waals surface area contributed by atoms with Crippen LogP contribution in [0.2, 0.25) is 0 Å². The quantitative estimate of drug-likeness (QED) is 0.837. The minimum absolute atomic E-state index is 0.484. The predicted molar refractivity (Wildman–Crippen MR) is 95.0 cm³/mol. The minimum atomic E-state index is 0.484. The Balaban J connectivity index is 1.48. The highest BCUT2D eigenvalue weighted by molar-refractivity contribution is 5.24. The summed E-state index contributed by atoms with van der Waals surface area (Å²) in [5.41, 5.74) is 5.16. The van der Waals surface area contributed by atoms with Crippen LogP contribution in [0, 0.1) is 0 Å². The van der Waals surface area contributed by atoms with Crippen molar-refractivity contribution in [3.05, 3.63) is 40.7 Å². The molecule has 6 heteroatoms. The van der Waals surface area contributed by atoms with Crippen LogP contribution in [0.25, 0.3) is 0 Å². The topological polar surface area (TPSA) is 56.1 Å². The normalized spacial score (nSPS) is 18.6. The lowest BCUT2D eigenvalue weighted by atomic mass is 9.99. The third-order valence-electron chi connectivity index (χ3n) is 5.41. The number of aromatic nitrogens is 4. The highest BCUT2D eigenvalue weighted by Gasteiger charge is 2.25. The largest absolute Gasteiger partial charge is 0.377 e. The summed E-state index contributed by atoms with van der Waals surface area (Å²) in [5, 5.41) is 4.79. The zero-order valence-electron chi connectivity index (χ0n) is 15.2. The number of hydrogen-bond donors (Lipinski definition) is 0.